The van der Waals surface area contributed by atoms with Crippen LogP contribution in [0.1, 0.15) is 21.6 Å². The van der Waals surface area contributed by atoms with Crippen LogP contribution in [0.15, 0.2) is 36.4 Å². The molecular formula is C22H16Cl2FN5O2. The lowest BCUT2D eigenvalue weighted by molar-refractivity contribution is -0.132. The first-order chi connectivity index (χ1) is 15.3. The Labute approximate surface area is 192 Å². The van der Waals surface area contributed by atoms with Gasteiger partial charge in [0.15, 0.2) is 11.5 Å². The van der Waals surface area contributed by atoms with Crippen LogP contribution in [-0.4, -0.2) is 33.0 Å². The highest BCUT2D eigenvalue weighted by atomic mass is 35.5. The lowest BCUT2D eigenvalue weighted by Gasteiger charge is -2.28. The molecule has 0 aliphatic carbocycles. The van der Waals surface area contributed by atoms with E-state index in [-0.39, 0.29) is 40.2 Å². The average molecular weight is 472 g/mol. The molecule has 10 heteroatoms. The molecule has 2 heterocycles. The average Bonchev–Trinajstić information content (AvgIpc) is 3.16. The van der Waals surface area contributed by atoms with Gasteiger partial charge in [0.05, 0.1) is 47.4 Å². The largest absolute Gasteiger partial charge is 0.365 e. The molecule has 0 unspecified atom stereocenters. The summed E-state index contributed by atoms with van der Waals surface area (Å²) in [6, 6.07) is 9.48. The number of primary amides is 1. The molecular weight excluding hydrogens is 456 g/mol. The minimum atomic E-state index is -0.761. The summed E-state index contributed by atoms with van der Waals surface area (Å²) in [6.07, 6.45) is 0.161. The van der Waals surface area contributed by atoms with Crippen LogP contribution in [0, 0.1) is 12.4 Å². The zero-order valence-corrected chi connectivity index (χ0v) is 18.1. The minimum absolute atomic E-state index is 0.127. The summed E-state index contributed by atoms with van der Waals surface area (Å²) in [7, 11) is 0. The molecule has 2 aromatic carbocycles. The van der Waals surface area contributed by atoms with Gasteiger partial charge >= 0.3 is 0 Å². The van der Waals surface area contributed by atoms with E-state index >= 15 is 0 Å². The van der Waals surface area contributed by atoms with E-state index in [1.54, 1.807) is 33.8 Å². The fourth-order valence-electron chi connectivity index (χ4n) is 3.66. The smallest absolute Gasteiger partial charge is 0.252 e. The van der Waals surface area contributed by atoms with Gasteiger partial charge < -0.3 is 10.6 Å². The van der Waals surface area contributed by atoms with E-state index in [0.717, 1.165) is 5.56 Å². The molecule has 0 atom stereocenters. The van der Waals surface area contributed by atoms with E-state index in [4.69, 9.17) is 35.5 Å². The Morgan fingerprint density at radius 3 is 2.41 bits per heavy atom. The first-order valence-corrected chi connectivity index (χ1v) is 10.3. The fourth-order valence-corrected chi connectivity index (χ4v) is 4.15. The summed E-state index contributed by atoms with van der Waals surface area (Å²) in [4.78, 5) is 30.1. The maximum absolute atomic E-state index is 13.8. The highest BCUT2D eigenvalue weighted by Crippen LogP contribution is 2.34. The van der Waals surface area contributed by atoms with Gasteiger partial charge in [0.1, 0.15) is 5.69 Å². The fraction of sp³-hybridized carbons (Fsp3) is 0.182. The lowest BCUT2D eigenvalue weighted by atomic mass is 10.0. The SMILES string of the molecule is [C-]#[N+]c1ccc(CC(=O)N2CCn3nc(-c4cc(Cl)c(F)c(Cl)c4)c(C(N)=O)c3C2)cc1. The number of carbonyl (C=O) groups excluding carboxylic acids is 2. The van der Waals surface area contributed by atoms with E-state index in [0.29, 0.717) is 30.0 Å². The predicted molar refractivity (Wildman–Crippen MR) is 118 cm³/mol. The summed E-state index contributed by atoms with van der Waals surface area (Å²) < 4.78 is 15.5. The number of aromatic nitrogens is 2. The summed E-state index contributed by atoms with van der Waals surface area (Å²) in [5.41, 5.74) is 8.15. The van der Waals surface area contributed by atoms with Gasteiger partial charge in [-0.25, -0.2) is 9.24 Å². The quantitative estimate of drug-likeness (QED) is 0.456. The van der Waals surface area contributed by atoms with E-state index in [9.17, 15) is 14.0 Å². The van der Waals surface area contributed by atoms with Crippen LogP contribution < -0.4 is 5.73 Å². The summed E-state index contributed by atoms with van der Waals surface area (Å²) in [5, 5.41) is 4.06. The molecule has 4 rings (SSSR count). The van der Waals surface area contributed by atoms with Gasteiger partial charge in [-0.2, -0.15) is 5.10 Å². The molecule has 2 amide bonds. The Balaban J connectivity index is 1.63. The number of nitrogens with two attached hydrogens (primary N) is 1. The van der Waals surface area contributed by atoms with Crippen molar-refractivity contribution in [2.75, 3.05) is 6.54 Å². The second kappa shape index (κ2) is 8.61. The van der Waals surface area contributed by atoms with E-state index < -0.39 is 11.7 Å². The topological polar surface area (TPSA) is 85.6 Å². The van der Waals surface area contributed by atoms with Gasteiger partial charge in [0.2, 0.25) is 5.91 Å². The van der Waals surface area contributed by atoms with Crippen molar-refractivity contribution in [3.05, 3.63) is 80.5 Å². The molecule has 0 spiro atoms. The van der Waals surface area contributed by atoms with Crippen molar-refractivity contribution in [2.24, 2.45) is 5.73 Å². The van der Waals surface area contributed by atoms with Crippen LogP contribution >= 0.6 is 23.2 Å². The second-order valence-corrected chi connectivity index (χ2v) is 8.10. The van der Waals surface area contributed by atoms with Gasteiger partial charge in [-0.1, -0.05) is 47.5 Å². The molecule has 2 N–H and O–H groups in total. The molecule has 0 saturated heterocycles. The van der Waals surface area contributed by atoms with Crippen LogP contribution in [0.2, 0.25) is 10.0 Å². The second-order valence-electron chi connectivity index (χ2n) is 7.28. The first kappa shape index (κ1) is 21.8. The van der Waals surface area contributed by atoms with Crippen LogP contribution in [0.25, 0.3) is 16.1 Å². The standard InChI is InChI=1S/C22H16Cl2FN5O2/c1-27-14-4-2-12(3-5-14)8-18(31)29-6-7-30-17(11-29)19(22(26)32)21(28-30)13-9-15(23)20(25)16(24)10-13/h2-5,9-10H,6-8,11H2,(H2,26,32). The van der Waals surface area contributed by atoms with Gasteiger partial charge in [0.25, 0.3) is 5.91 Å². The Bertz CT molecular complexity index is 1260. The van der Waals surface area contributed by atoms with Gasteiger partial charge in [-0.3, -0.25) is 14.3 Å². The number of benzene rings is 2. The van der Waals surface area contributed by atoms with Crippen molar-refractivity contribution < 1.29 is 14.0 Å². The van der Waals surface area contributed by atoms with Crippen molar-refractivity contribution in [3.63, 3.8) is 0 Å². The summed E-state index contributed by atoms with van der Waals surface area (Å²) >= 11 is 11.8. The van der Waals surface area contributed by atoms with Crippen molar-refractivity contribution in [1.82, 2.24) is 14.7 Å². The van der Waals surface area contributed by atoms with Crippen molar-refractivity contribution in [1.29, 1.82) is 0 Å². The molecule has 3 aromatic rings. The minimum Gasteiger partial charge on any atom is -0.365 e. The normalized spacial score (nSPS) is 12.9. The number of amides is 2. The van der Waals surface area contributed by atoms with Crippen molar-refractivity contribution in [3.8, 4) is 11.3 Å². The molecule has 0 saturated carbocycles. The summed E-state index contributed by atoms with van der Waals surface area (Å²) in [5.74, 6) is -1.61. The number of carbonyl (C=O) groups is 2. The maximum atomic E-state index is 13.8. The van der Waals surface area contributed by atoms with E-state index in [2.05, 4.69) is 9.94 Å². The van der Waals surface area contributed by atoms with Crippen molar-refractivity contribution >= 4 is 40.7 Å². The third kappa shape index (κ3) is 4.05. The Morgan fingerprint density at radius 1 is 1.16 bits per heavy atom. The number of halogens is 3. The van der Waals surface area contributed by atoms with Crippen LogP contribution in [0.5, 0.6) is 0 Å². The third-order valence-electron chi connectivity index (χ3n) is 5.26. The zero-order chi connectivity index (χ0) is 23.0. The number of rotatable bonds is 4. The monoisotopic (exact) mass is 471 g/mol. The van der Waals surface area contributed by atoms with Crippen molar-refractivity contribution in [2.45, 2.75) is 19.5 Å². The highest BCUT2D eigenvalue weighted by Gasteiger charge is 2.30. The van der Waals surface area contributed by atoms with Crippen LogP contribution in [-0.2, 0) is 24.3 Å². The molecule has 0 bridgehead atoms. The third-order valence-corrected chi connectivity index (χ3v) is 5.81. The molecule has 1 aliphatic heterocycles. The number of fused-ring (bicyclic) bond motifs is 1. The maximum Gasteiger partial charge on any atom is 0.252 e. The van der Waals surface area contributed by atoms with Gasteiger partial charge in [-0.05, 0) is 17.7 Å². The van der Waals surface area contributed by atoms with E-state index in [1.807, 2.05) is 0 Å². The Morgan fingerprint density at radius 2 is 1.81 bits per heavy atom. The molecule has 32 heavy (non-hydrogen) atoms. The van der Waals surface area contributed by atoms with Gasteiger partial charge in [-0.15, -0.1) is 0 Å². The van der Waals surface area contributed by atoms with Gasteiger partial charge in [0, 0.05) is 12.1 Å². The number of hydrogen-bond acceptors (Lipinski definition) is 3. The number of nitrogens with zero attached hydrogens (tertiary/aromatic N) is 4. The van der Waals surface area contributed by atoms with Crippen LogP contribution in [0.3, 0.4) is 0 Å². The molecule has 0 radical (unpaired) electrons. The Hall–Kier alpha value is -3.41. The molecule has 7 nitrogen and oxygen atoms in total. The summed E-state index contributed by atoms with van der Waals surface area (Å²) in [6.45, 7) is 7.92. The number of hydrogen-bond donors (Lipinski definition) is 1. The lowest BCUT2D eigenvalue weighted by Crippen LogP contribution is -2.40. The molecule has 0 fully saturated rings. The van der Waals surface area contributed by atoms with Crippen LogP contribution in [0.4, 0.5) is 10.1 Å². The zero-order valence-electron chi connectivity index (χ0n) is 16.6. The Kier molecular flexibility index (Phi) is 5.87. The molecule has 1 aliphatic rings. The highest BCUT2D eigenvalue weighted by molar-refractivity contribution is 6.35. The van der Waals surface area contributed by atoms with E-state index in [1.165, 1.54) is 12.1 Å². The first-order valence-electron chi connectivity index (χ1n) is 9.57. The molecule has 162 valence electrons. The predicted octanol–water partition coefficient (Wildman–Crippen LogP) is 4.23. The molecule has 1 aromatic heterocycles.